The lowest BCUT2D eigenvalue weighted by atomic mass is 9.48. The zero-order valence-electron chi connectivity index (χ0n) is 19.4. The van der Waals surface area contributed by atoms with Gasteiger partial charge in [-0.25, -0.2) is 0 Å². The molecule has 7 rings (SSSR count). The van der Waals surface area contributed by atoms with Gasteiger partial charge < -0.3 is 9.47 Å². The number of carbonyl (C=O) groups excluding carboxylic acids is 1. The van der Waals surface area contributed by atoms with Gasteiger partial charge in [0.05, 0.1) is 25.5 Å². The van der Waals surface area contributed by atoms with Crippen LogP contribution in [-0.4, -0.2) is 46.1 Å². The summed E-state index contributed by atoms with van der Waals surface area (Å²) in [5.74, 6) is 4.96. The van der Waals surface area contributed by atoms with E-state index in [1.54, 1.807) is 18.9 Å². The number of rotatable bonds is 8. The van der Waals surface area contributed by atoms with E-state index in [9.17, 15) is 4.79 Å². The van der Waals surface area contributed by atoms with Gasteiger partial charge in [0.2, 0.25) is 0 Å². The van der Waals surface area contributed by atoms with E-state index in [2.05, 4.69) is 14.8 Å². The molecule has 5 aliphatic rings. The van der Waals surface area contributed by atoms with E-state index in [0.717, 1.165) is 85.3 Å². The number of ketones is 1. The van der Waals surface area contributed by atoms with Crippen molar-refractivity contribution in [2.24, 2.45) is 23.2 Å². The van der Waals surface area contributed by atoms with Crippen molar-refractivity contribution >= 4 is 17.5 Å². The molecule has 1 unspecified atom stereocenters. The van der Waals surface area contributed by atoms with Crippen LogP contribution < -0.4 is 4.74 Å². The van der Waals surface area contributed by atoms with Crippen LogP contribution in [0.4, 0.5) is 0 Å². The molecule has 2 aromatic rings. The lowest BCUT2D eigenvalue weighted by Gasteiger charge is -2.56. The third-order valence-corrected chi connectivity index (χ3v) is 9.40. The number of ether oxygens (including phenoxy) is 2. The number of aromatic nitrogens is 3. The Morgan fingerprint density at radius 2 is 1.82 bits per heavy atom. The third kappa shape index (κ3) is 4.12. The molecule has 6 nitrogen and oxygen atoms in total. The smallest absolute Gasteiger partial charge is 0.192 e. The van der Waals surface area contributed by atoms with Crippen LogP contribution in [-0.2, 0) is 16.1 Å². The summed E-state index contributed by atoms with van der Waals surface area (Å²) in [5, 5.41) is 9.90. The highest BCUT2D eigenvalue weighted by atomic mass is 32.2. The fourth-order valence-corrected chi connectivity index (χ4v) is 8.22. The molecule has 1 atom stereocenters. The van der Waals surface area contributed by atoms with Crippen LogP contribution >= 0.6 is 11.8 Å². The quantitative estimate of drug-likeness (QED) is 0.509. The summed E-state index contributed by atoms with van der Waals surface area (Å²) in [6.07, 6.45) is 9.78. The van der Waals surface area contributed by atoms with Crippen molar-refractivity contribution < 1.29 is 14.3 Å². The Labute approximate surface area is 199 Å². The Kier molecular flexibility index (Phi) is 5.73. The number of carbonyl (C=O) groups is 1. The van der Waals surface area contributed by atoms with Crippen molar-refractivity contribution in [3.8, 4) is 17.1 Å². The van der Waals surface area contributed by atoms with Gasteiger partial charge in [-0.2, -0.15) is 0 Å². The molecule has 0 radical (unpaired) electrons. The summed E-state index contributed by atoms with van der Waals surface area (Å²) in [5.41, 5.74) is 0.945. The first-order valence-electron chi connectivity index (χ1n) is 12.5. The normalized spacial score (nSPS) is 32.4. The summed E-state index contributed by atoms with van der Waals surface area (Å²) in [6.45, 7) is 1.54. The number of thioether (sulfide) groups is 1. The molecule has 4 bridgehead atoms. The molecular formula is C26H33N3O3S. The molecule has 7 heteroatoms. The van der Waals surface area contributed by atoms with Crippen LogP contribution in [0.5, 0.6) is 5.75 Å². The first-order chi connectivity index (χ1) is 16.1. The Balaban J connectivity index is 1.22. The maximum absolute atomic E-state index is 13.6. The molecule has 1 aromatic heterocycles. The van der Waals surface area contributed by atoms with Gasteiger partial charge in [0.25, 0.3) is 0 Å². The average molecular weight is 468 g/mol. The van der Waals surface area contributed by atoms with E-state index < -0.39 is 0 Å². The first-order valence-corrected chi connectivity index (χ1v) is 13.5. The predicted molar refractivity (Wildman–Crippen MR) is 127 cm³/mol. The van der Waals surface area contributed by atoms with E-state index in [4.69, 9.17) is 9.47 Å². The average Bonchev–Trinajstić information content (AvgIpc) is 3.47. The van der Waals surface area contributed by atoms with Gasteiger partial charge in [-0.1, -0.05) is 11.8 Å². The van der Waals surface area contributed by atoms with Crippen LogP contribution in [0.15, 0.2) is 29.4 Å². The molecule has 4 saturated carbocycles. The van der Waals surface area contributed by atoms with Crippen molar-refractivity contribution in [2.45, 2.75) is 69.2 Å². The maximum atomic E-state index is 13.6. The van der Waals surface area contributed by atoms with Gasteiger partial charge in [-0.05, 0) is 93.4 Å². The molecule has 1 aliphatic heterocycles. The van der Waals surface area contributed by atoms with Crippen LogP contribution in [0.25, 0.3) is 11.4 Å². The Bertz CT molecular complexity index is 977. The second-order valence-corrected chi connectivity index (χ2v) is 11.6. The molecule has 4 aliphatic carbocycles. The Morgan fingerprint density at radius 3 is 2.42 bits per heavy atom. The molecule has 176 valence electrons. The summed E-state index contributed by atoms with van der Waals surface area (Å²) in [6, 6.07) is 7.93. The number of hydrogen-bond acceptors (Lipinski definition) is 6. The monoisotopic (exact) mass is 467 g/mol. The fraction of sp³-hybridized carbons (Fsp3) is 0.654. The topological polar surface area (TPSA) is 66.2 Å². The highest BCUT2D eigenvalue weighted by molar-refractivity contribution is 7.99. The molecule has 1 saturated heterocycles. The van der Waals surface area contributed by atoms with Crippen molar-refractivity contribution in [3.63, 3.8) is 0 Å². The summed E-state index contributed by atoms with van der Waals surface area (Å²) in [7, 11) is 1.67. The third-order valence-electron chi connectivity index (χ3n) is 8.44. The van der Waals surface area contributed by atoms with Crippen molar-refractivity contribution in [2.75, 3.05) is 19.5 Å². The molecule has 0 N–H and O–H groups in total. The largest absolute Gasteiger partial charge is 0.497 e. The number of hydrogen-bond donors (Lipinski definition) is 0. The highest BCUT2D eigenvalue weighted by Crippen LogP contribution is 2.60. The van der Waals surface area contributed by atoms with E-state index in [1.165, 1.54) is 19.3 Å². The summed E-state index contributed by atoms with van der Waals surface area (Å²) >= 11 is 1.57. The van der Waals surface area contributed by atoms with Crippen molar-refractivity contribution in [1.29, 1.82) is 0 Å². The molecule has 0 spiro atoms. The van der Waals surface area contributed by atoms with E-state index in [-0.39, 0.29) is 11.5 Å². The van der Waals surface area contributed by atoms with Gasteiger partial charge in [0.1, 0.15) is 11.5 Å². The number of Topliss-reactive ketones (excluding diaryl/α,β-unsaturated/α-hetero) is 1. The zero-order valence-corrected chi connectivity index (χ0v) is 20.2. The second kappa shape index (κ2) is 8.73. The van der Waals surface area contributed by atoms with E-state index in [1.807, 2.05) is 24.3 Å². The van der Waals surface area contributed by atoms with E-state index >= 15 is 0 Å². The van der Waals surface area contributed by atoms with Gasteiger partial charge in [-0.15, -0.1) is 10.2 Å². The second-order valence-electron chi connectivity index (χ2n) is 10.7. The van der Waals surface area contributed by atoms with Gasteiger partial charge in [0.15, 0.2) is 11.0 Å². The predicted octanol–water partition coefficient (Wildman–Crippen LogP) is 5.01. The summed E-state index contributed by atoms with van der Waals surface area (Å²) in [4.78, 5) is 13.6. The number of methoxy groups -OCH3 is 1. The molecule has 5 fully saturated rings. The number of nitrogens with zero attached hydrogens (tertiary/aromatic N) is 3. The summed E-state index contributed by atoms with van der Waals surface area (Å²) < 4.78 is 13.4. The molecular weight excluding hydrogens is 434 g/mol. The SMILES string of the molecule is COc1ccc(-c2nnc(SCC(=O)C34CC5CC(CC(C5)C3)C4)n2CC2CCCO2)cc1. The van der Waals surface area contributed by atoms with Crippen LogP contribution in [0.3, 0.4) is 0 Å². The molecule has 0 amide bonds. The maximum Gasteiger partial charge on any atom is 0.192 e. The fourth-order valence-electron chi connectivity index (χ4n) is 7.24. The first kappa shape index (κ1) is 21.7. The lowest BCUT2D eigenvalue weighted by Crippen LogP contribution is -2.50. The van der Waals surface area contributed by atoms with Crippen molar-refractivity contribution in [1.82, 2.24) is 14.8 Å². The van der Waals surface area contributed by atoms with Crippen LogP contribution in [0.1, 0.15) is 51.4 Å². The molecule has 2 heterocycles. The van der Waals surface area contributed by atoms with Crippen LogP contribution in [0.2, 0.25) is 0 Å². The Morgan fingerprint density at radius 1 is 1.12 bits per heavy atom. The highest BCUT2D eigenvalue weighted by Gasteiger charge is 2.54. The minimum Gasteiger partial charge on any atom is -0.497 e. The van der Waals surface area contributed by atoms with Crippen LogP contribution in [0, 0.1) is 23.2 Å². The lowest BCUT2D eigenvalue weighted by molar-refractivity contribution is -0.141. The number of benzene rings is 1. The Hall–Kier alpha value is -1.86. The van der Waals surface area contributed by atoms with Gasteiger partial charge in [-0.3, -0.25) is 9.36 Å². The zero-order chi connectivity index (χ0) is 22.4. The minimum atomic E-state index is -0.0556. The minimum absolute atomic E-state index is 0.0556. The van der Waals surface area contributed by atoms with Crippen molar-refractivity contribution in [3.05, 3.63) is 24.3 Å². The van der Waals surface area contributed by atoms with Gasteiger partial charge in [0, 0.05) is 17.6 Å². The standard InChI is InChI=1S/C26H33N3O3S/c1-31-21-6-4-20(5-7-21)24-27-28-25(29(24)15-22-3-2-8-32-22)33-16-23(30)26-12-17-9-18(13-26)11-19(10-17)14-26/h4-7,17-19,22H,2-3,8-16H2,1H3. The van der Waals surface area contributed by atoms with E-state index in [0.29, 0.717) is 11.5 Å². The molecule has 1 aromatic carbocycles. The molecule has 33 heavy (non-hydrogen) atoms. The van der Waals surface area contributed by atoms with Gasteiger partial charge >= 0.3 is 0 Å².